The number of aromatic nitrogens is 3. The monoisotopic (exact) mass is 482 g/mol. The van der Waals surface area contributed by atoms with E-state index in [0.29, 0.717) is 17.9 Å². The van der Waals surface area contributed by atoms with Gasteiger partial charge >= 0.3 is 0 Å². The van der Waals surface area contributed by atoms with Crippen molar-refractivity contribution in [1.29, 1.82) is 0 Å². The number of aliphatic hydroxyl groups is 1. The van der Waals surface area contributed by atoms with Gasteiger partial charge in [0.2, 0.25) is 5.95 Å². The molecule has 7 nitrogen and oxygen atoms in total. The smallest absolute Gasteiger partial charge is 0.229 e. The van der Waals surface area contributed by atoms with Crippen LogP contribution in [0.2, 0.25) is 0 Å². The molecule has 0 amide bonds. The molecule has 1 aliphatic heterocycles. The number of hydrogen-bond donors (Lipinski definition) is 3. The van der Waals surface area contributed by atoms with Crippen LogP contribution in [0.25, 0.3) is 0 Å². The molecule has 3 heterocycles. The fraction of sp³-hybridized carbons (Fsp3) is 0.414. The number of aliphatic hydroxyl groups excluding tert-OH is 1. The second-order valence-electron chi connectivity index (χ2n) is 9.92. The van der Waals surface area contributed by atoms with Gasteiger partial charge in [-0.2, -0.15) is 4.98 Å². The summed E-state index contributed by atoms with van der Waals surface area (Å²) in [6, 6.07) is 12.1. The molecular formula is C29H34N6O. The minimum Gasteiger partial charge on any atom is -0.393 e. The molecule has 1 aliphatic carbocycles. The van der Waals surface area contributed by atoms with E-state index in [1.165, 1.54) is 5.56 Å². The number of pyridine rings is 1. The number of piperidine rings is 1. The Bertz CT molecular complexity index is 1190. The molecule has 1 saturated heterocycles. The lowest BCUT2D eigenvalue weighted by atomic mass is 9.89. The van der Waals surface area contributed by atoms with Gasteiger partial charge in [0.05, 0.1) is 6.10 Å². The fourth-order valence-corrected chi connectivity index (χ4v) is 4.95. The third kappa shape index (κ3) is 6.39. The van der Waals surface area contributed by atoms with Gasteiger partial charge in [-0.3, -0.25) is 4.98 Å². The molecule has 0 spiro atoms. The van der Waals surface area contributed by atoms with Crippen LogP contribution in [0.3, 0.4) is 0 Å². The van der Waals surface area contributed by atoms with Crippen LogP contribution in [0.5, 0.6) is 0 Å². The molecule has 5 rings (SSSR count). The molecule has 0 bridgehead atoms. The van der Waals surface area contributed by atoms with Gasteiger partial charge in [0.25, 0.3) is 0 Å². The topological polar surface area (TPSA) is 86.2 Å². The van der Waals surface area contributed by atoms with Crippen LogP contribution in [0, 0.1) is 11.8 Å². The second kappa shape index (κ2) is 11.5. The zero-order valence-electron chi connectivity index (χ0n) is 20.8. The Morgan fingerprint density at radius 2 is 1.67 bits per heavy atom. The molecule has 2 fully saturated rings. The van der Waals surface area contributed by atoms with E-state index in [2.05, 4.69) is 44.4 Å². The summed E-state index contributed by atoms with van der Waals surface area (Å²) in [5.41, 5.74) is 3.96. The van der Waals surface area contributed by atoms with Gasteiger partial charge in [-0.05, 0) is 101 Å². The van der Waals surface area contributed by atoms with Gasteiger partial charge in [0, 0.05) is 47.0 Å². The summed E-state index contributed by atoms with van der Waals surface area (Å²) in [5.74, 6) is 8.29. The quantitative estimate of drug-likeness (QED) is 0.460. The van der Waals surface area contributed by atoms with Gasteiger partial charge in [0.15, 0.2) is 0 Å². The number of nitrogens with one attached hydrogen (secondary N) is 2. The Morgan fingerprint density at radius 3 is 2.39 bits per heavy atom. The van der Waals surface area contributed by atoms with Gasteiger partial charge in [-0.15, -0.1) is 0 Å². The van der Waals surface area contributed by atoms with Crippen LogP contribution in [0.15, 0.2) is 55.0 Å². The molecular weight excluding hydrogens is 448 g/mol. The van der Waals surface area contributed by atoms with Crippen molar-refractivity contribution >= 4 is 17.5 Å². The SMILES string of the molecule is CN1CCC(c2cnc(Nc3ccc(C#Cc4cccnc4)cc3)nc2NC2CCC(O)CC2)CC1. The van der Waals surface area contributed by atoms with E-state index < -0.39 is 0 Å². The predicted octanol–water partition coefficient (Wildman–Crippen LogP) is 4.54. The maximum atomic E-state index is 9.92. The minimum absolute atomic E-state index is 0.170. The first-order valence-corrected chi connectivity index (χ1v) is 12.9. The van der Waals surface area contributed by atoms with Crippen molar-refractivity contribution in [2.45, 2.75) is 56.6 Å². The summed E-state index contributed by atoms with van der Waals surface area (Å²) in [6.45, 7) is 2.19. The van der Waals surface area contributed by atoms with E-state index >= 15 is 0 Å². The van der Waals surface area contributed by atoms with E-state index in [4.69, 9.17) is 4.98 Å². The van der Waals surface area contributed by atoms with Crippen molar-refractivity contribution < 1.29 is 5.11 Å². The van der Waals surface area contributed by atoms with Crippen LogP contribution in [0.4, 0.5) is 17.5 Å². The first-order valence-electron chi connectivity index (χ1n) is 12.9. The molecule has 0 radical (unpaired) electrons. The van der Waals surface area contributed by atoms with Crippen molar-refractivity contribution in [3.8, 4) is 11.8 Å². The normalized spacial score (nSPS) is 20.8. The summed E-state index contributed by atoms with van der Waals surface area (Å²) in [5, 5.41) is 17.0. The zero-order valence-corrected chi connectivity index (χ0v) is 20.8. The first kappa shape index (κ1) is 24.2. The Morgan fingerprint density at radius 1 is 0.917 bits per heavy atom. The Balaban J connectivity index is 1.31. The molecule has 0 unspecified atom stereocenters. The number of likely N-dealkylation sites (tertiary alicyclic amines) is 1. The first-order chi connectivity index (χ1) is 17.6. The molecule has 0 atom stereocenters. The summed E-state index contributed by atoms with van der Waals surface area (Å²) < 4.78 is 0. The summed E-state index contributed by atoms with van der Waals surface area (Å²) in [4.78, 5) is 16.1. The van der Waals surface area contributed by atoms with Crippen molar-refractivity contribution in [2.24, 2.45) is 0 Å². The predicted molar refractivity (Wildman–Crippen MR) is 143 cm³/mol. The fourth-order valence-electron chi connectivity index (χ4n) is 4.95. The van der Waals surface area contributed by atoms with Crippen LogP contribution in [-0.4, -0.2) is 57.2 Å². The average molecular weight is 483 g/mol. The highest BCUT2D eigenvalue weighted by Crippen LogP contribution is 2.33. The highest BCUT2D eigenvalue weighted by atomic mass is 16.3. The van der Waals surface area contributed by atoms with Crippen LogP contribution >= 0.6 is 0 Å². The van der Waals surface area contributed by atoms with Gasteiger partial charge < -0.3 is 20.6 Å². The van der Waals surface area contributed by atoms with E-state index in [9.17, 15) is 5.11 Å². The molecule has 3 aromatic rings. The molecule has 36 heavy (non-hydrogen) atoms. The summed E-state index contributed by atoms with van der Waals surface area (Å²) in [6.07, 6.45) is 11.2. The van der Waals surface area contributed by atoms with Crippen molar-refractivity contribution in [3.63, 3.8) is 0 Å². The van der Waals surface area contributed by atoms with Crippen molar-refractivity contribution in [3.05, 3.63) is 71.7 Å². The van der Waals surface area contributed by atoms with Crippen molar-refractivity contribution in [1.82, 2.24) is 19.9 Å². The van der Waals surface area contributed by atoms with Crippen LogP contribution < -0.4 is 10.6 Å². The molecule has 7 heteroatoms. The maximum Gasteiger partial charge on any atom is 0.229 e. The van der Waals surface area contributed by atoms with Gasteiger partial charge in [-0.1, -0.05) is 11.8 Å². The molecule has 186 valence electrons. The lowest BCUT2D eigenvalue weighted by Gasteiger charge is -2.32. The number of hydrogen-bond acceptors (Lipinski definition) is 7. The zero-order chi connectivity index (χ0) is 24.7. The highest BCUT2D eigenvalue weighted by molar-refractivity contribution is 5.58. The lowest BCUT2D eigenvalue weighted by molar-refractivity contribution is 0.126. The van der Waals surface area contributed by atoms with Crippen molar-refractivity contribution in [2.75, 3.05) is 30.8 Å². The van der Waals surface area contributed by atoms with E-state index in [1.807, 2.05) is 42.6 Å². The minimum atomic E-state index is -0.170. The third-order valence-electron chi connectivity index (χ3n) is 7.17. The summed E-state index contributed by atoms with van der Waals surface area (Å²) >= 11 is 0. The largest absolute Gasteiger partial charge is 0.393 e. The van der Waals surface area contributed by atoms with Gasteiger partial charge in [0.1, 0.15) is 5.82 Å². The molecule has 3 N–H and O–H groups in total. The number of rotatable bonds is 5. The number of benzene rings is 1. The summed E-state index contributed by atoms with van der Waals surface area (Å²) in [7, 11) is 2.18. The van der Waals surface area contributed by atoms with E-state index in [-0.39, 0.29) is 6.10 Å². The van der Waals surface area contributed by atoms with Gasteiger partial charge in [-0.25, -0.2) is 4.98 Å². The van der Waals surface area contributed by atoms with Crippen LogP contribution in [-0.2, 0) is 0 Å². The number of nitrogens with zero attached hydrogens (tertiary/aromatic N) is 4. The molecule has 2 aliphatic rings. The third-order valence-corrected chi connectivity index (χ3v) is 7.17. The Labute approximate surface area is 213 Å². The Hall–Kier alpha value is -3.47. The molecule has 2 aromatic heterocycles. The second-order valence-corrected chi connectivity index (χ2v) is 9.92. The molecule has 1 saturated carbocycles. The standard InChI is InChI=1S/C29H34N6O/c1-35-17-14-23(15-18-35)27-20-31-29(34-28(27)32-24-10-12-26(36)13-11-24)33-25-8-6-21(7-9-25)4-5-22-3-2-16-30-19-22/h2-3,6-9,16,19-20,23-24,26,36H,10-15,17-18H2,1H3,(H2,31,32,33,34). The Kier molecular flexibility index (Phi) is 7.75. The molecule has 1 aromatic carbocycles. The lowest BCUT2D eigenvalue weighted by Crippen LogP contribution is -2.31. The van der Waals surface area contributed by atoms with E-state index in [1.54, 1.807) is 12.4 Å². The average Bonchev–Trinajstić information content (AvgIpc) is 2.91. The maximum absolute atomic E-state index is 9.92. The van der Waals surface area contributed by atoms with Crippen LogP contribution in [0.1, 0.15) is 61.1 Å². The number of anilines is 3. The highest BCUT2D eigenvalue weighted by Gasteiger charge is 2.25. The van der Waals surface area contributed by atoms with E-state index in [0.717, 1.165) is 74.2 Å².